The van der Waals surface area contributed by atoms with Gasteiger partial charge < -0.3 is 10.4 Å². The zero-order chi connectivity index (χ0) is 15.5. The monoisotopic (exact) mass is 309 g/mol. The molecule has 0 aliphatic rings. The number of fused-ring (bicyclic) bond motifs is 1. The summed E-state index contributed by atoms with van der Waals surface area (Å²) < 4.78 is 1.91. The van der Waals surface area contributed by atoms with Crippen molar-refractivity contribution in [3.05, 3.63) is 23.5 Å². The molecule has 0 aliphatic heterocycles. The molecule has 21 heavy (non-hydrogen) atoms. The Morgan fingerprint density at radius 1 is 1.57 bits per heavy atom. The van der Waals surface area contributed by atoms with E-state index in [2.05, 4.69) is 24.1 Å². The van der Waals surface area contributed by atoms with Crippen LogP contribution in [0.5, 0.6) is 0 Å². The van der Waals surface area contributed by atoms with Crippen molar-refractivity contribution in [2.45, 2.75) is 45.6 Å². The Balaban J connectivity index is 1.80. The van der Waals surface area contributed by atoms with Gasteiger partial charge in [0.1, 0.15) is 0 Å². The molecule has 0 aromatic carbocycles. The fourth-order valence-electron chi connectivity index (χ4n) is 2.07. The Bertz CT molecular complexity index is 572. The Morgan fingerprint density at radius 2 is 2.33 bits per heavy atom. The van der Waals surface area contributed by atoms with Gasteiger partial charge in [-0.25, -0.2) is 4.98 Å². The molecule has 2 aromatic heterocycles. The summed E-state index contributed by atoms with van der Waals surface area (Å²) in [7, 11) is 0. The lowest BCUT2D eigenvalue weighted by molar-refractivity contribution is -0.121. The second-order valence-corrected chi connectivity index (χ2v) is 7.08. The molecule has 6 heteroatoms. The number of hydrogen-bond donors (Lipinski definition) is 2. The predicted octanol–water partition coefficient (Wildman–Crippen LogP) is 2.24. The molecule has 0 radical (unpaired) electrons. The van der Waals surface area contributed by atoms with Gasteiger partial charge in [-0.1, -0.05) is 13.8 Å². The molecule has 116 valence electrons. The van der Waals surface area contributed by atoms with Crippen molar-refractivity contribution < 1.29 is 9.90 Å². The molecule has 0 saturated carbocycles. The zero-order valence-corrected chi connectivity index (χ0v) is 13.6. The number of nitrogens with one attached hydrogen (secondary N) is 1. The van der Waals surface area contributed by atoms with Gasteiger partial charge in [0.2, 0.25) is 5.91 Å². The first kappa shape index (κ1) is 16.0. The maximum Gasteiger partial charge on any atom is 0.226 e. The normalized spacial score (nSPS) is 14.5. The molecule has 0 aliphatic carbocycles. The Labute approximate surface area is 129 Å². The summed E-state index contributed by atoms with van der Waals surface area (Å²) in [5.41, 5.74) is -0.102. The average Bonchev–Trinajstić information content (AvgIpc) is 2.95. The molecule has 2 aromatic rings. The van der Waals surface area contributed by atoms with Crippen LogP contribution < -0.4 is 5.32 Å². The van der Waals surface area contributed by atoms with E-state index in [4.69, 9.17) is 0 Å². The summed E-state index contributed by atoms with van der Waals surface area (Å²) in [6, 6.07) is 0. The van der Waals surface area contributed by atoms with E-state index in [9.17, 15) is 9.90 Å². The number of nitrogens with zero attached hydrogens (tertiary/aromatic N) is 2. The molecule has 1 unspecified atom stereocenters. The third-order valence-corrected chi connectivity index (χ3v) is 4.18. The molecule has 0 fully saturated rings. The van der Waals surface area contributed by atoms with Crippen molar-refractivity contribution in [3.63, 3.8) is 0 Å². The number of amides is 1. The summed E-state index contributed by atoms with van der Waals surface area (Å²) in [5.74, 6) is 0.441. The predicted molar refractivity (Wildman–Crippen MR) is 84.5 cm³/mol. The van der Waals surface area contributed by atoms with E-state index < -0.39 is 5.60 Å². The number of rotatable bonds is 7. The van der Waals surface area contributed by atoms with E-state index in [1.165, 1.54) is 0 Å². The fraction of sp³-hybridized carbons (Fsp3) is 0.600. The maximum atomic E-state index is 11.9. The van der Waals surface area contributed by atoms with Crippen molar-refractivity contribution in [2.75, 3.05) is 6.54 Å². The number of thiazole rings is 1. The van der Waals surface area contributed by atoms with Crippen LogP contribution in [0.4, 0.5) is 0 Å². The number of carbonyl (C=O) groups is 1. The van der Waals surface area contributed by atoms with Crippen LogP contribution in [-0.4, -0.2) is 32.5 Å². The summed E-state index contributed by atoms with van der Waals surface area (Å²) in [6.07, 6.45) is 5.66. The van der Waals surface area contributed by atoms with Gasteiger partial charge in [-0.3, -0.25) is 9.20 Å². The van der Waals surface area contributed by atoms with E-state index in [1.54, 1.807) is 18.3 Å². The summed E-state index contributed by atoms with van der Waals surface area (Å²) >= 11 is 1.54. The van der Waals surface area contributed by atoms with Crippen LogP contribution in [0.3, 0.4) is 0 Å². The van der Waals surface area contributed by atoms with Gasteiger partial charge in [0.25, 0.3) is 0 Å². The van der Waals surface area contributed by atoms with Gasteiger partial charge in [-0.05, 0) is 25.7 Å². The molecular weight excluding hydrogens is 286 g/mol. The number of hydrogen-bond acceptors (Lipinski definition) is 4. The SMILES string of the molecule is CC(C)CCC(C)(O)CNC(=O)Cc1cn2ccsc2n1. The van der Waals surface area contributed by atoms with Gasteiger partial charge in [-0.2, -0.15) is 0 Å². The van der Waals surface area contributed by atoms with Crippen molar-refractivity contribution in [1.82, 2.24) is 14.7 Å². The second kappa shape index (κ2) is 6.58. The van der Waals surface area contributed by atoms with Crippen LogP contribution in [-0.2, 0) is 11.2 Å². The van der Waals surface area contributed by atoms with Crippen molar-refractivity contribution >= 4 is 22.2 Å². The van der Waals surface area contributed by atoms with Crippen LogP contribution in [0.2, 0.25) is 0 Å². The van der Waals surface area contributed by atoms with Crippen molar-refractivity contribution in [1.29, 1.82) is 0 Å². The van der Waals surface area contributed by atoms with Crippen LogP contribution in [0, 0.1) is 5.92 Å². The van der Waals surface area contributed by atoms with Gasteiger partial charge in [0, 0.05) is 24.3 Å². The molecular formula is C15H23N3O2S. The van der Waals surface area contributed by atoms with Crippen LogP contribution >= 0.6 is 11.3 Å². The minimum absolute atomic E-state index is 0.106. The molecule has 5 nitrogen and oxygen atoms in total. The Morgan fingerprint density at radius 3 is 3.00 bits per heavy atom. The Kier molecular flexibility index (Phi) is 5.00. The quantitative estimate of drug-likeness (QED) is 0.824. The van der Waals surface area contributed by atoms with E-state index >= 15 is 0 Å². The average molecular weight is 309 g/mol. The molecule has 1 amide bonds. The van der Waals surface area contributed by atoms with Gasteiger partial charge >= 0.3 is 0 Å². The van der Waals surface area contributed by atoms with Crippen molar-refractivity contribution in [2.24, 2.45) is 5.92 Å². The van der Waals surface area contributed by atoms with E-state index in [-0.39, 0.29) is 18.9 Å². The summed E-state index contributed by atoms with van der Waals surface area (Å²) in [4.78, 5) is 17.2. The molecule has 2 rings (SSSR count). The maximum absolute atomic E-state index is 11.9. The molecule has 0 saturated heterocycles. The lowest BCUT2D eigenvalue weighted by Crippen LogP contribution is -2.41. The largest absolute Gasteiger partial charge is 0.388 e. The van der Waals surface area contributed by atoms with E-state index in [0.29, 0.717) is 12.3 Å². The highest BCUT2D eigenvalue weighted by Crippen LogP contribution is 2.16. The Hall–Kier alpha value is -1.40. The first-order valence-electron chi connectivity index (χ1n) is 7.26. The highest BCUT2D eigenvalue weighted by atomic mass is 32.1. The molecule has 2 N–H and O–H groups in total. The third-order valence-electron chi connectivity index (χ3n) is 3.41. The highest BCUT2D eigenvalue weighted by Gasteiger charge is 2.21. The molecule has 1 atom stereocenters. The first-order valence-corrected chi connectivity index (χ1v) is 8.14. The topological polar surface area (TPSA) is 66.6 Å². The number of imidazole rings is 1. The second-order valence-electron chi connectivity index (χ2n) is 6.21. The van der Waals surface area contributed by atoms with Crippen LogP contribution in [0.15, 0.2) is 17.8 Å². The van der Waals surface area contributed by atoms with Crippen molar-refractivity contribution in [3.8, 4) is 0 Å². The number of carbonyl (C=O) groups excluding carboxylic acids is 1. The standard InChI is InChI=1S/C15H23N3O2S/c1-11(2)4-5-15(3,20)10-16-13(19)8-12-9-18-6-7-21-14(18)17-12/h6-7,9,11,20H,4-5,8,10H2,1-3H3,(H,16,19). The molecule has 0 spiro atoms. The minimum atomic E-state index is -0.853. The lowest BCUT2D eigenvalue weighted by Gasteiger charge is -2.24. The molecule has 0 bridgehead atoms. The van der Waals surface area contributed by atoms with Crippen LogP contribution in [0.25, 0.3) is 4.96 Å². The van der Waals surface area contributed by atoms with Crippen LogP contribution in [0.1, 0.15) is 39.3 Å². The smallest absolute Gasteiger partial charge is 0.226 e. The number of aromatic nitrogens is 2. The lowest BCUT2D eigenvalue weighted by atomic mass is 9.95. The van der Waals surface area contributed by atoms with E-state index in [0.717, 1.165) is 17.1 Å². The summed E-state index contributed by atoms with van der Waals surface area (Å²) in [5, 5.41) is 15.0. The fourth-order valence-corrected chi connectivity index (χ4v) is 2.78. The zero-order valence-electron chi connectivity index (χ0n) is 12.8. The minimum Gasteiger partial charge on any atom is -0.388 e. The highest BCUT2D eigenvalue weighted by molar-refractivity contribution is 7.15. The van der Waals surface area contributed by atoms with Gasteiger partial charge in [-0.15, -0.1) is 11.3 Å². The van der Waals surface area contributed by atoms with E-state index in [1.807, 2.05) is 22.2 Å². The van der Waals surface area contributed by atoms with Gasteiger partial charge in [0.15, 0.2) is 4.96 Å². The summed E-state index contributed by atoms with van der Waals surface area (Å²) in [6.45, 7) is 6.29. The number of aliphatic hydroxyl groups is 1. The molecule has 2 heterocycles. The third kappa shape index (κ3) is 4.82. The first-order chi connectivity index (χ1) is 9.85. The van der Waals surface area contributed by atoms with Gasteiger partial charge in [0.05, 0.1) is 17.7 Å².